The van der Waals surface area contributed by atoms with Crippen LogP contribution in [0.4, 0.5) is 0 Å². The summed E-state index contributed by atoms with van der Waals surface area (Å²) in [5.74, 6) is 0.904. The van der Waals surface area contributed by atoms with Gasteiger partial charge in [-0.05, 0) is 37.4 Å². The molecular formula is C15H27N. The second-order valence-corrected chi connectivity index (χ2v) is 4.14. The second-order valence-electron chi connectivity index (χ2n) is 4.14. The number of rotatable bonds is 4. The van der Waals surface area contributed by atoms with Crippen LogP contribution in [0.15, 0.2) is 37.0 Å². The Kier molecular flexibility index (Phi) is 8.93. The lowest BCUT2D eigenvalue weighted by molar-refractivity contribution is 0.207. The molecule has 1 fully saturated rings. The summed E-state index contributed by atoms with van der Waals surface area (Å²) in [5, 5.41) is 0. The van der Waals surface area contributed by atoms with E-state index in [0.29, 0.717) is 0 Å². The lowest BCUT2D eigenvalue weighted by Gasteiger charge is -2.30. The Morgan fingerprint density at radius 1 is 1.25 bits per heavy atom. The summed E-state index contributed by atoms with van der Waals surface area (Å²) in [7, 11) is 0. The number of likely N-dealkylation sites (tertiary alicyclic amines) is 1. The van der Waals surface area contributed by atoms with Crippen molar-refractivity contribution in [3.05, 3.63) is 37.0 Å². The molecule has 0 aromatic rings. The van der Waals surface area contributed by atoms with Gasteiger partial charge in [0.15, 0.2) is 0 Å². The zero-order valence-electron chi connectivity index (χ0n) is 11.2. The maximum atomic E-state index is 3.82. The monoisotopic (exact) mass is 221 g/mol. The molecule has 0 amide bonds. The molecule has 1 heteroatoms. The molecule has 0 atom stereocenters. The first kappa shape index (κ1) is 15.2. The Morgan fingerprint density at radius 2 is 1.81 bits per heavy atom. The minimum Gasteiger partial charge on any atom is -0.299 e. The summed E-state index contributed by atoms with van der Waals surface area (Å²) >= 11 is 0. The Balaban J connectivity index is 0.00000106. The molecule has 1 nitrogen and oxygen atoms in total. The Bertz CT molecular complexity index is 220. The van der Waals surface area contributed by atoms with E-state index in [1.807, 2.05) is 32.1 Å². The van der Waals surface area contributed by atoms with E-state index in [-0.39, 0.29) is 0 Å². The molecule has 92 valence electrons. The second kappa shape index (κ2) is 9.41. The molecule has 0 aliphatic carbocycles. The zero-order valence-corrected chi connectivity index (χ0v) is 11.2. The highest BCUT2D eigenvalue weighted by Crippen LogP contribution is 2.16. The van der Waals surface area contributed by atoms with E-state index in [9.17, 15) is 0 Å². The molecule has 0 radical (unpaired) electrons. The summed E-state index contributed by atoms with van der Waals surface area (Å²) < 4.78 is 0. The molecule has 1 rings (SSSR count). The van der Waals surface area contributed by atoms with Crippen molar-refractivity contribution in [2.24, 2.45) is 5.92 Å². The van der Waals surface area contributed by atoms with Crippen LogP contribution < -0.4 is 0 Å². The molecule has 1 aliphatic rings. The fraction of sp³-hybridized carbons (Fsp3) is 0.600. The van der Waals surface area contributed by atoms with E-state index in [2.05, 4.69) is 25.0 Å². The fourth-order valence-electron chi connectivity index (χ4n) is 1.82. The van der Waals surface area contributed by atoms with Crippen molar-refractivity contribution in [3.8, 4) is 0 Å². The van der Waals surface area contributed by atoms with Gasteiger partial charge in [-0.3, -0.25) is 4.90 Å². The van der Waals surface area contributed by atoms with Crippen LogP contribution in [0.5, 0.6) is 0 Å². The molecule has 0 aromatic carbocycles. The van der Waals surface area contributed by atoms with E-state index in [1.54, 1.807) is 0 Å². The Labute approximate surface area is 102 Å². The number of nitrogens with zero attached hydrogens (tertiary/aromatic N) is 1. The Morgan fingerprint density at radius 3 is 2.25 bits per heavy atom. The molecule has 0 aromatic heterocycles. The molecule has 1 aliphatic heterocycles. The van der Waals surface area contributed by atoms with E-state index >= 15 is 0 Å². The third-order valence-corrected chi connectivity index (χ3v) is 2.88. The highest BCUT2D eigenvalue weighted by atomic mass is 15.1. The van der Waals surface area contributed by atoms with Crippen LogP contribution in [0.3, 0.4) is 0 Å². The van der Waals surface area contributed by atoms with Gasteiger partial charge in [0, 0.05) is 6.54 Å². The number of hydrogen-bond donors (Lipinski definition) is 0. The molecule has 1 saturated heterocycles. The maximum absolute atomic E-state index is 3.82. The van der Waals surface area contributed by atoms with E-state index in [0.717, 1.165) is 12.5 Å². The highest BCUT2D eigenvalue weighted by Gasteiger charge is 2.15. The maximum Gasteiger partial charge on any atom is 0.0233 e. The molecule has 0 bridgehead atoms. The first-order chi connectivity index (χ1) is 7.76. The van der Waals surface area contributed by atoms with Crippen LogP contribution in [-0.2, 0) is 0 Å². The van der Waals surface area contributed by atoms with Crippen LogP contribution >= 0.6 is 0 Å². The van der Waals surface area contributed by atoms with Gasteiger partial charge >= 0.3 is 0 Å². The van der Waals surface area contributed by atoms with Crippen molar-refractivity contribution in [2.45, 2.75) is 33.6 Å². The summed E-state index contributed by atoms with van der Waals surface area (Å²) in [6.07, 6.45) is 8.48. The number of hydrogen-bond acceptors (Lipinski definition) is 1. The largest absolute Gasteiger partial charge is 0.299 e. The topological polar surface area (TPSA) is 3.24 Å². The zero-order chi connectivity index (χ0) is 12.4. The van der Waals surface area contributed by atoms with Crippen LogP contribution in [-0.4, -0.2) is 24.5 Å². The molecule has 0 spiro atoms. The molecular weight excluding hydrogens is 194 g/mol. The van der Waals surface area contributed by atoms with Crippen molar-refractivity contribution in [3.63, 3.8) is 0 Å². The predicted molar refractivity (Wildman–Crippen MR) is 74.7 cm³/mol. The van der Waals surface area contributed by atoms with Gasteiger partial charge < -0.3 is 0 Å². The van der Waals surface area contributed by atoms with Gasteiger partial charge in [0.05, 0.1) is 0 Å². The predicted octanol–water partition coefficient (Wildman–Crippen LogP) is 4.04. The molecule has 0 N–H and O–H groups in total. The highest BCUT2D eigenvalue weighted by molar-refractivity contribution is 5.22. The van der Waals surface area contributed by atoms with Gasteiger partial charge in [-0.2, -0.15) is 0 Å². The summed E-state index contributed by atoms with van der Waals surface area (Å²) in [6.45, 7) is 17.3. The third kappa shape index (κ3) is 5.92. The van der Waals surface area contributed by atoms with Gasteiger partial charge in [-0.1, -0.05) is 52.2 Å². The third-order valence-electron chi connectivity index (χ3n) is 2.88. The average molecular weight is 221 g/mol. The number of piperidine rings is 1. The minimum absolute atomic E-state index is 0.904. The molecule has 0 unspecified atom stereocenters. The fourth-order valence-corrected chi connectivity index (χ4v) is 1.82. The van der Waals surface area contributed by atoms with Gasteiger partial charge in [0.2, 0.25) is 0 Å². The molecule has 0 saturated carbocycles. The smallest absolute Gasteiger partial charge is 0.0233 e. The lowest BCUT2D eigenvalue weighted by atomic mass is 9.99. The first-order valence-corrected chi connectivity index (χ1v) is 6.42. The van der Waals surface area contributed by atoms with E-state index in [4.69, 9.17) is 0 Å². The van der Waals surface area contributed by atoms with Crippen LogP contribution in [0.1, 0.15) is 33.6 Å². The summed E-state index contributed by atoms with van der Waals surface area (Å²) in [4.78, 5) is 2.50. The van der Waals surface area contributed by atoms with Gasteiger partial charge in [0.1, 0.15) is 0 Å². The standard InChI is InChI=1S/C13H21N.C2H6/c1-4-6-13(5-2)11-14-9-7-12(3)8-10-14;1-2/h4-6,12H,1-2,7-11H2,3H3;1-2H3/b13-6+;. The van der Waals surface area contributed by atoms with Gasteiger partial charge in [-0.25, -0.2) is 0 Å². The summed E-state index contributed by atoms with van der Waals surface area (Å²) in [5.41, 5.74) is 1.27. The van der Waals surface area contributed by atoms with Crippen molar-refractivity contribution < 1.29 is 0 Å². The molecule has 1 heterocycles. The minimum atomic E-state index is 0.904. The van der Waals surface area contributed by atoms with Crippen LogP contribution in [0, 0.1) is 5.92 Å². The molecule has 16 heavy (non-hydrogen) atoms. The van der Waals surface area contributed by atoms with Crippen molar-refractivity contribution in [2.75, 3.05) is 19.6 Å². The van der Waals surface area contributed by atoms with Crippen molar-refractivity contribution in [1.29, 1.82) is 0 Å². The van der Waals surface area contributed by atoms with E-state index < -0.39 is 0 Å². The van der Waals surface area contributed by atoms with Crippen molar-refractivity contribution in [1.82, 2.24) is 4.90 Å². The first-order valence-electron chi connectivity index (χ1n) is 6.42. The van der Waals surface area contributed by atoms with Gasteiger partial charge in [0.25, 0.3) is 0 Å². The lowest BCUT2D eigenvalue weighted by Crippen LogP contribution is -2.34. The average Bonchev–Trinajstić information content (AvgIpc) is 2.34. The number of allylic oxidation sites excluding steroid dienone is 2. The summed E-state index contributed by atoms with van der Waals surface area (Å²) in [6, 6.07) is 0. The SMILES string of the molecule is C=C/C=C(\C=C)CN1CCC(C)CC1.CC. The van der Waals surface area contributed by atoms with Crippen LogP contribution in [0.2, 0.25) is 0 Å². The normalized spacial score (nSPS) is 18.6. The van der Waals surface area contributed by atoms with Crippen LogP contribution in [0.25, 0.3) is 0 Å². The van der Waals surface area contributed by atoms with Crippen molar-refractivity contribution >= 4 is 0 Å². The quantitative estimate of drug-likeness (QED) is 0.648. The van der Waals surface area contributed by atoms with Gasteiger partial charge in [-0.15, -0.1) is 0 Å². The van der Waals surface area contributed by atoms with E-state index in [1.165, 1.54) is 31.5 Å². The Hall–Kier alpha value is -0.820.